The van der Waals surface area contributed by atoms with E-state index in [4.69, 9.17) is 13.9 Å². The van der Waals surface area contributed by atoms with Gasteiger partial charge in [0.1, 0.15) is 5.56 Å². The van der Waals surface area contributed by atoms with Gasteiger partial charge in [-0.2, -0.15) is 13.2 Å². The van der Waals surface area contributed by atoms with Crippen LogP contribution in [-0.2, 0) is 6.18 Å². The first-order valence-electron chi connectivity index (χ1n) is 8.76. The van der Waals surface area contributed by atoms with Gasteiger partial charge in [-0.3, -0.25) is 14.9 Å². The number of carbonyl (C=O) groups excluding carboxylic acids is 1. The minimum atomic E-state index is -4.77. The summed E-state index contributed by atoms with van der Waals surface area (Å²) in [7, 11) is 2.63. The van der Waals surface area contributed by atoms with Gasteiger partial charge in [0.05, 0.1) is 31.1 Å². The van der Waals surface area contributed by atoms with E-state index in [0.717, 1.165) is 6.07 Å². The number of rotatable bonds is 5. The normalized spacial score (nSPS) is 17.0. The van der Waals surface area contributed by atoms with Crippen LogP contribution in [0.4, 0.5) is 18.9 Å². The summed E-state index contributed by atoms with van der Waals surface area (Å²) in [5.41, 5.74) is -0.697. The molecule has 1 unspecified atom stereocenters. The van der Waals surface area contributed by atoms with Gasteiger partial charge in [-0.15, -0.1) is 10.2 Å². The summed E-state index contributed by atoms with van der Waals surface area (Å²) in [5, 5.41) is 17.9. The van der Waals surface area contributed by atoms with Gasteiger partial charge < -0.3 is 18.8 Å². The van der Waals surface area contributed by atoms with Crippen LogP contribution >= 0.6 is 0 Å². The van der Waals surface area contributed by atoms with E-state index in [2.05, 4.69) is 10.2 Å². The summed E-state index contributed by atoms with van der Waals surface area (Å²) in [6, 6.07) is 2.29. The number of benzene rings is 1. The summed E-state index contributed by atoms with van der Waals surface area (Å²) in [4.78, 5) is 25.1. The number of piperidine rings is 1. The summed E-state index contributed by atoms with van der Waals surface area (Å²) in [6.45, 7) is 0.241. The minimum Gasteiger partial charge on any atom is -0.493 e. The maximum absolute atomic E-state index is 13.0. The first kappa shape index (κ1) is 21.3. The Bertz CT molecular complexity index is 961. The predicted octanol–water partition coefficient (Wildman–Crippen LogP) is 3.03. The third kappa shape index (κ3) is 4.14. The number of hydrogen-bond donors (Lipinski definition) is 0. The molecule has 0 radical (unpaired) electrons. The number of nitro benzene ring substituents is 1. The van der Waals surface area contributed by atoms with Crippen molar-refractivity contribution in [3.8, 4) is 11.5 Å². The highest BCUT2D eigenvalue weighted by atomic mass is 19.4. The molecule has 2 aromatic rings. The van der Waals surface area contributed by atoms with Gasteiger partial charge in [0.2, 0.25) is 5.89 Å². The van der Waals surface area contributed by atoms with Crippen LogP contribution in [0, 0.1) is 10.1 Å². The van der Waals surface area contributed by atoms with Crippen molar-refractivity contribution in [2.24, 2.45) is 0 Å². The molecule has 1 aromatic heterocycles. The molecule has 3 rings (SSSR count). The molecule has 1 fully saturated rings. The van der Waals surface area contributed by atoms with Crippen molar-refractivity contribution >= 4 is 11.6 Å². The minimum absolute atomic E-state index is 0.0240. The van der Waals surface area contributed by atoms with Crippen LogP contribution in [0.1, 0.15) is 40.9 Å². The van der Waals surface area contributed by atoms with Crippen LogP contribution in [0.5, 0.6) is 11.5 Å². The van der Waals surface area contributed by atoms with Crippen LogP contribution in [0.2, 0.25) is 0 Å². The zero-order chi connectivity index (χ0) is 22.1. The van der Waals surface area contributed by atoms with Gasteiger partial charge in [-0.05, 0) is 12.8 Å². The quantitative estimate of drug-likeness (QED) is 0.524. The van der Waals surface area contributed by atoms with Gasteiger partial charge >= 0.3 is 12.1 Å². The number of carbonyl (C=O) groups is 1. The fourth-order valence-electron chi connectivity index (χ4n) is 3.24. The third-order valence-corrected chi connectivity index (χ3v) is 4.67. The molecular formula is C17H17F3N4O6. The van der Waals surface area contributed by atoms with Crippen molar-refractivity contribution in [1.29, 1.82) is 0 Å². The van der Waals surface area contributed by atoms with E-state index in [1.54, 1.807) is 0 Å². The number of methoxy groups -OCH3 is 2. The predicted molar refractivity (Wildman–Crippen MR) is 93.4 cm³/mol. The molecule has 1 aliphatic heterocycles. The van der Waals surface area contributed by atoms with E-state index < -0.39 is 34.5 Å². The number of nitro groups is 1. The number of hydrogen-bond acceptors (Lipinski definition) is 8. The molecule has 1 amide bonds. The monoisotopic (exact) mass is 430 g/mol. The summed E-state index contributed by atoms with van der Waals surface area (Å²) in [5.74, 6) is -2.76. The topological polar surface area (TPSA) is 121 Å². The number of halogens is 3. The number of amides is 1. The molecule has 1 atom stereocenters. The van der Waals surface area contributed by atoms with Crippen LogP contribution in [0.3, 0.4) is 0 Å². The lowest BCUT2D eigenvalue weighted by Gasteiger charge is -2.31. The molecule has 0 aliphatic carbocycles. The van der Waals surface area contributed by atoms with Crippen LogP contribution in [0.15, 0.2) is 16.5 Å². The van der Waals surface area contributed by atoms with Crippen molar-refractivity contribution in [1.82, 2.24) is 15.1 Å². The fourth-order valence-corrected chi connectivity index (χ4v) is 3.24. The van der Waals surface area contributed by atoms with Crippen LogP contribution < -0.4 is 9.47 Å². The highest BCUT2D eigenvalue weighted by molar-refractivity contribution is 5.99. The SMILES string of the molecule is COc1cc(C(=O)N2CCCC(c3nnc(C(F)(F)F)o3)C2)c([N+](=O)[O-])cc1OC. The Morgan fingerprint density at radius 2 is 1.93 bits per heavy atom. The Hall–Kier alpha value is -3.38. The fraction of sp³-hybridized carbons (Fsp3) is 0.471. The van der Waals surface area contributed by atoms with Crippen molar-refractivity contribution in [2.45, 2.75) is 24.9 Å². The molecule has 1 aromatic carbocycles. The van der Waals surface area contributed by atoms with E-state index in [9.17, 15) is 28.1 Å². The standard InChI is InChI=1S/C17H17F3N4O6/c1-28-12-6-10(11(24(26)27)7-13(12)29-2)15(25)23-5-3-4-9(8-23)14-21-22-16(30-14)17(18,19)20/h6-7,9H,3-5,8H2,1-2H3. The van der Waals surface area contributed by atoms with Gasteiger partial charge in [-0.25, -0.2) is 0 Å². The lowest BCUT2D eigenvalue weighted by molar-refractivity contribution is -0.385. The second kappa shape index (κ2) is 8.16. The Morgan fingerprint density at radius 3 is 2.50 bits per heavy atom. The number of alkyl halides is 3. The van der Waals surface area contributed by atoms with E-state index in [-0.39, 0.29) is 36.0 Å². The Kier molecular flexibility index (Phi) is 5.80. The first-order chi connectivity index (χ1) is 14.2. The van der Waals surface area contributed by atoms with E-state index in [0.29, 0.717) is 12.8 Å². The van der Waals surface area contributed by atoms with Gasteiger partial charge in [0.25, 0.3) is 11.6 Å². The van der Waals surface area contributed by atoms with Crippen molar-refractivity contribution in [3.05, 3.63) is 39.6 Å². The Morgan fingerprint density at radius 1 is 1.27 bits per heavy atom. The second-order valence-electron chi connectivity index (χ2n) is 6.51. The molecule has 0 bridgehead atoms. The Labute approximate surface area is 167 Å². The molecule has 10 nitrogen and oxygen atoms in total. The maximum Gasteiger partial charge on any atom is 0.470 e. The highest BCUT2D eigenvalue weighted by Gasteiger charge is 2.40. The smallest absolute Gasteiger partial charge is 0.470 e. The number of aromatic nitrogens is 2. The van der Waals surface area contributed by atoms with Gasteiger partial charge in [0, 0.05) is 19.2 Å². The number of likely N-dealkylation sites (tertiary alicyclic amines) is 1. The largest absolute Gasteiger partial charge is 0.493 e. The molecule has 1 aliphatic rings. The third-order valence-electron chi connectivity index (χ3n) is 4.67. The maximum atomic E-state index is 13.0. The van der Waals surface area contributed by atoms with E-state index in [1.165, 1.54) is 25.2 Å². The number of nitrogens with zero attached hydrogens (tertiary/aromatic N) is 4. The Balaban J connectivity index is 1.88. The van der Waals surface area contributed by atoms with Crippen molar-refractivity contribution in [2.75, 3.05) is 27.3 Å². The molecule has 0 N–H and O–H groups in total. The summed E-state index contributed by atoms with van der Waals surface area (Å²) < 4.78 is 53.0. The molecule has 162 valence electrons. The number of ether oxygens (including phenoxy) is 2. The van der Waals surface area contributed by atoms with Crippen molar-refractivity contribution in [3.63, 3.8) is 0 Å². The molecule has 1 saturated heterocycles. The average molecular weight is 430 g/mol. The lowest BCUT2D eigenvalue weighted by atomic mass is 9.97. The van der Waals surface area contributed by atoms with E-state index >= 15 is 0 Å². The van der Waals surface area contributed by atoms with Crippen LogP contribution in [-0.4, -0.2) is 53.2 Å². The molecule has 0 saturated carbocycles. The van der Waals surface area contributed by atoms with E-state index in [1.807, 2.05) is 0 Å². The van der Waals surface area contributed by atoms with Crippen LogP contribution in [0.25, 0.3) is 0 Å². The van der Waals surface area contributed by atoms with Crippen molar-refractivity contribution < 1.29 is 36.8 Å². The van der Waals surface area contributed by atoms with Gasteiger partial charge in [-0.1, -0.05) is 0 Å². The molecule has 2 heterocycles. The lowest BCUT2D eigenvalue weighted by Crippen LogP contribution is -2.39. The zero-order valence-corrected chi connectivity index (χ0v) is 15.9. The highest BCUT2D eigenvalue weighted by Crippen LogP contribution is 2.37. The summed E-state index contributed by atoms with van der Waals surface area (Å²) >= 11 is 0. The molecule has 0 spiro atoms. The molecule has 13 heteroatoms. The summed E-state index contributed by atoms with van der Waals surface area (Å²) in [6.07, 6.45) is -3.89. The first-order valence-corrected chi connectivity index (χ1v) is 8.76. The molecule has 30 heavy (non-hydrogen) atoms. The molecular weight excluding hydrogens is 413 g/mol. The zero-order valence-electron chi connectivity index (χ0n) is 15.9. The average Bonchev–Trinajstić information content (AvgIpc) is 3.23. The van der Waals surface area contributed by atoms with Gasteiger partial charge in [0.15, 0.2) is 11.5 Å². The second-order valence-corrected chi connectivity index (χ2v) is 6.51.